The van der Waals surface area contributed by atoms with Gasteiger partial charge in [0.25, 0.3) is 11.8 Å². The van der Waals surface area contributed by atoms with E-state index in [2.05, 4.69) is 0 Å². The number of hydrogen-bond acceptors (Lipinski definition) is 5. The molecule has 5 nitrogen and oxygen atoms in total. The highest BCUT2D eigenvalue weighted by Gasteiger charge is 2.40. The standard InChI is InChI=1S/C21H21NO4S/c1-3-26-17-10-8-16(9-11-17)22-20(24)18(15-6-4-14(2)5-7-15)19(21(22)25)27-13-12-23/h4-11,23H,3,12-13H2,1-2H3. The molecule has 27 heavy (non-hydrogen) atoms. The van der Waals surface area contributed by atoms with E-state index in [-0.39, 0.29) is 18.4 Å². The van der Waals surface area contributed by atoms with Crippen molar-refractivity contribution in [3.05, 3.63) is 64.6 Å². The SMILES string of the molecule is CCOc1ccc(N2C(=O)C(SCCO)=C(c3ccc(C)cc3)C2=O)cc1. The van der Waals surface area contributed by atoms with Gasteiger partial charge < -0.3 is 9.84 Å². The van der Waals surface area contributed by atoms with Gasteiger partial charge in [-0.05, 0) is 43.7 Å². The van der Waals surface area contributed by atoms with E-state index < -0.39 is 0 Å². The fourth-order valence-electron chi connectivity index (χ4n) is 2.86. The predicted molar refractivity (Wildman–Crippen MR) is 108 cm³/mol. The number of imide groups is 1. The third-order valence-corrected chi connectivity index (χ3v) is 5.18. The smallest absolute Gasteiger partial charge is 0.272 e. The number of thioether (sulfide) groups is 1. The first-order valence-electron chi connectivity index (χ1n) is 8.73. The zero-order valence-electron chi connectivity index (χ0n) is 15.3. The quantitative estimate of drug-likeness (QED) is 0.742. The summed E-state index contributed by atoms with van der Waals surface area (Å²) in [7, 11) is 0. The van der Waals surface area contributed by atoms with E-state index in [4.69, 9.17) is 9.84 Å². The Hall–Kier alpha value is -2.57. The van der Waals surface area contributed by atoms with Crippen molar-refractivity contribution in [3.63, 3.8) is 0 Å². The van der Waals surface area contributed by atoms with Crippen molar-refractivity contribution >= 4 is 34.8 Å². The molecule has 0 bridgehead atoms. The fourth-order valence-corrected chi connectivity index (χ4v) is 3.72. The number of ether oxygens (including phenoxy) is 1. The Kier molecular flexibility index (Phi) is 5.98. The van der Waals surface area contributed by atoms with E-state index in [0.29, 0.717) is 39.8 Å². The lowest BCUT2D eigenvalue weighted by Gasteiger charge is -2.16. The maximum absolute atomic E-state index is 13.1. The number of nitrogens with zero attached hydrogens (tertiary/aromatic N) is 1. The highest BCUT2D eigenvalue weighted by atomic mass is 32.2. The lowest BCUT2D eigenvalue weighted by atomic mass is 10.0. The molecule has 1 aliphatic rings. The number of carbonyl (C=O) groups excluding carboxylic acids is 2. The molecule has 2 aromatic rings. The third kappa shape index (κ3) is 3.91. The highest BCUT2D eigenvalue weighted by Crippen LogP contribution is 2.38. The molecule has 1 aliphatic heterocycles. The van der Waals surface area contributed by atoms with Gasteiger partial charge in [-0.15, -0.1) is 11.8 Å². The van der Waals surface area contributed by atoms with Crippen LogP contribution in [-0.4, -0.2) is 35.9 Å². The molecule has 0 saturated heterocycles. The number of aliphatic hydroxyl groups is 1. The van der Waals surface area contributed by atoms with Crippen LogP contribution in [0.15, 0.2) is 53.4 Å². The topological polar surface area (TPSA) is 66.8 Å². The van der Waals surface area contributed by atoms with Crippen molar-refractivity contribution in [1.29, 1.82) is 0 Å². The summed E-state index contributed by atoms with van der Waals surface area (Å²) in [5, 5.41) is 9.17. The van der Waals surface area contributed by atoms with Crippen LogP contribution < -0.4 is 9.64 Å². The van der Waals surface area contributed by atoms with Crippen LogP contribution in [0.1, 0.15) is 18.1 Å². The molecule has 0 aliphatic carbocycles. The summed E-state index contributed by atoms with van der Waals surface area (Å²) in [5.74, 6) is 0.314. The molecule has 1 heterocycles. The molecule has 3 rings (SSSR count). The van der Waals surface area contributed by atoms with Gasteiger partial charge in [-0.3, -0.25) is 9.59 Å². The summed E-state index contributed by atoms with van der Waals surface area (Å²) >= 11 is 1.21. The Bertz CT molecular complexity index is 872. The van der Waals surface area contributed by atoms with Crippen molar-refractivity contribution in [2.24, 2.45) is 0 Å². The Morgan fingerprint density at radius 2 is 1.67 bits per heavy atom. The molecule has 0 fully saturated rings. The number of amides is 2. The molecule has 0 saturated carbocycles. The second-order valence-electron chi connectivity index (χ2n) is 6.01. The van der Waals surface area contributed by atoms with Crippen LogP contribution in [0.2, 0.25) is 0 Å². The second kappa shape index (κ2) is 8.41. The Morgan fingerprint density at radius 3 is 2.26 bits per heavy atom. The second-order valence-corrected chi connectivity index (χ2v) is 7.12. The molecule has 0 spiro atoms. The van der Waals surface area contributed by atoms with Gasteiger partial charge in [0.05, 0.1) is 29.4 Å². The maximum Gasteiger partial charge on any atom is 0.272 e. The maximum atomic E-state index is 13.1. The van der Waals surface area contributed by atoms with Gasteiger partial charge in [-0.25, -0.2) is 4.90 Å². The van der Waals surface area contributed by atoms with Crippen molar-refractivity contribution < 1.29 is 19.4 Å². The normalized spacial score (nSPS) is 14.3. The summed E-state index contributed by atoms with van der Waals surface area (Å²) in [6.45, 7) is 4.33. The van der Waals surface area contributed by atoms with Crippen LogP contribution in [0.3, 0.4) is 0 Å². The van der Waals surface area contributed by atoms with Gasteiger partial charge >= 0.3 is 0 Å². The average molecular weight is 383 g/mol. The molecule has 2 aromatic carbocycles. The molecule has 0 unspecified atom stereocenters. The molecule has 0 atom stereocenters. The van der Waals surface area contributed by atoms with E-state index in [1.54, 1.807) is 24.3 Å². The molecular weight excluding hydrogens is 362 g/mol. The van der Waals surface area contributed by atoms with E-state index in [0.717, 1.165) is 5.56 Å². The number of benzene rings is 2. The number of anilines is 1. The summed E-state index contributed by atoms with van der Waals surface area (Å²) in [4.78, 5) is 27.7. The summed E-state index contributed by atoms with van der Waals surface area (Å²) in [5.41, 5.74) is 2.65. The molecule has 0 aromatic heterocycles. The Balaban J connectivity index is 1.99. The highest BCUT2D eigenvalue weighted by molar-refractivity contribution is 8.04. The first kappa shape index (κ1) is 19.2. The largest absolute Gasteiger partial charge is 0.494 e. The number of aliphatic hydroxyl groups excluding tert-OH is 1. The summed E-state index contributed by atoms with van der Waals surface area (Å²) in [6.07, 6.45) is 0. The fraction of sp³-hybridized carbons (Fsp3) is 0.238. The lowest BCUT2D eigenvalue weighted by molar-refractivity contribution is -0.119. The number of aryl methyl sites for hydroxylation is 1. The monoisotopic (exact) mass is 383 g/mol. The van der Waals surface area contributed by atoms with Crippen molar-refractivity contribution in [2.45, 2.75) is 13.8 Å². The molecule has 140 valence electrons. The molecule has 6 heteroatoms. The van der Waals surface area contributed by atoms with Gasteiger partial charge in [0, 0.05) is 5.75 Å². The van der Waals surface area contributed by atoms with Crippen LogP contribution in [0.5, 0.6) is 5.75 Å². The van der Waals surface area contributed by atoms with E-state index >= 15 is 0 Å². The molecule has 0 radical (unpaired) electrons. The summed E-state index contributed by atoms with van der Waals surface area (Å²) in [6, 6.07) is 14.4. The van der Waals surface area contributed by atoms with Crippen LogP contribution in [0, 0.1) is 6.92 Å². The van der Waals surface area contributed by atoms with Gasteiger partial charge in [-0.2, -0.15) is 0 Å². The Morgan fingerprint density at radius 1 is 1.00 bits per heavy atom. The van der Waals surface area contributed by atoms with Crippen LogP contribution in [0.25, 0.3) is 5.57 Å². The zero-order valence-corrected chi connectivity index (χ0v) is 16.1. The van der Waals surface area contributed by atoms with Gasteiger partial charge in [0.1, 0.15) is 5.75 Å². The van der Waals surface area contributed by atoms with E-state index in [1.165, 1.54) is 16.7 Å². The van der Waals surface area contributed by atoms with Crippen LogP contribution >= 0.6 is 11.8 Å². The number of rotatable bonds is 7. The summed E-state index contributed by atoms with van der Waals surface area (Å²) < 4.78 is 5.42. The first-order valence-corrected chi connectivity index (χ1v) is 9.72. The molecule has 1 N–H and O–H groups in total. The minimum atomic E-state index is -0.363. The van der Waals surface area contributed by atoms with Crippen molar-refractivity contribution in [1.82, 2.24) is 0 Å². The van der Waals surface area contributed by atoms with Gasteiger partial charge in [0.2, 0.25) is 0 Å². The number of hydrogen-bond donors (Lipinski definition) is 1. The van der Waals surface area contributed by atoms with Gasteiger partial charge in [0.15, 0.2) is 0 Å². The van der Waals surface area contributed by atoms with Crippen LogP contribution in [0.4, 0.5) is 5.69 Å². The van der Waals surface area contributed by atoms with E-state index in [9.17, 15) is 9.59 Å². The first-order chi connectivity index (χ1) is 13.1. The predicted octanol–water partition coefficient (Wildman–Crippen LogP) is 3.40. The minimum absolute atomic E-state index is 0.0696. The molecular formula is C21H21NO4S. The zero-order chi connectivity index (χ0) is 19.4. The minimum Gasteiger partial charge on any atom is -0.494 e. The molecule has 2 amide bonds. The van der Waals surface area contributed by atoms with Crippen LogP contribution in [-0.2, 0) is 9.59 Å². The lowest BCUT2D eigenvalue weighted by Crippen LogP contribution is -2.31. The van der Waals surface area contributed by atoms with E-state index in [1.807, 2.05) is 38.1 Å². The Labute approximate surface area is 162 Å². The van der Waals surface area contributed by atoms with Crippen molar-refractivity contribution in [3.8, 4) is 5.75 Å². The van der Waals surface area contributed by atoms with Crippen molar-refractivity contribution in [2.75, 3.05) is 23.9 Å². The third-order valence-electron chi connectivity index (χ3n) is 4.13. The van der Waals surface area contributed by atoms with Gasteiger partial charge in [-0.1, -0.05) is 29.8 Å². The average Bonchev–Trinajstić information content (AvgIpc) is 2.92. The number of carbonyl (C=O) groups is 2.